The second kappa shape index (κ2) is 114. The van der Waals surface area contributed by atoms with Crippen molar-refractivity contribution in [3.05, 3.63) is 0 Å². The van der Waals surface area contributed by atoms with E-state index in [-0.39, 0.29) is 177 Å². The van der Waals surface area contributed by atoms with E-state index in [1.807, 2.05) is 0 Å². The van der Waals surface area contributed by atoms with E-state index in [2.05, 4.69) is 0 Å². The average molecular weight is 789 g/mol. The number of hydrogen-bond donors (Lipinski definition) is 0. The Hall–Kier alpha value is 5.15. The molecule has 0 spiro atoms. The molecule has 0 heterocycles. The van der Waals surface area contributed by atoms with Crippen LogP contribution in [0.4, 0.5) is 0 Å². The molecule has 0 aliphatic carbocycles. The van der Waals surface area contributed by atoms with E-state index in [9.17, 15) is 0 Å². The molecule has 68 valence electrons. The summed E-state index contributed by atoms with van der Waals surface area (Å²) in [5.74, 6) is 0. The molecule has 0 saturated heterocycles. The van der Waals surface area contributed by atoms with Gasteiger partial charge in [-0.05, 0) is 0 Å². The van der Waals surface area contributed by atoms with Crippen LogP contribution in [-0.4, -0.2) is 0 Å². The van der Waals surface area contributed by atoms with Gasteiger partial charge < -0.3 is 94.5 Å². The second-order valence-electron chi connectivity index (χ2n) is 0. The summed E-state index contributed by atoms with van der Waals surface area (Å²) in [6, 6.07) is 0. The summed E-state index contributed by atoms with van der Waals surface area (Å²) < 4.78 is 0. The van der Waals surface area contributed by atoms with Crippen LogP contribution in [0.5, 0.6) is 0 Å². The molecule has 0 unspecified atom stereocenters. The first kappa shape index (κ1) is 140. The van der Waals surface area contributed by atoms with Crippen molar-refractivity contribution >= 4 is 94.5 Å². The van der Waals surface area contributed by atoms with Gasteiger partial charge in [-0.3, -0.25) is 0 Å². The molecule has 0 atom stereocenters. The van der Waals surface area contributed by atoms with Crippen molar-refractivity contribution in [2.45, 2.75) is 0 Å². The van der Waals surface area contributed by atoms with Crippen LogP contribution in [-0.2, 0) is 177 Å². The largest absolute Gasteiger partial charge is 7.00 e. The predicted octanol–water partition coefficient (Wildman–Crippen LogP) is -0.0268. The Morgan fingerprint density at radius 1 is 0.273 bits per heavy atom. The standard InChI is InChI=1S/2Mo.2Re.7S/q;;2*+7;7*-2. The third kappa shape index (κ3) is 98.8. The van der Waals surface area contributed by atoms with Gasteiger partial charge in [0.2, 0.25) is 0 Å². The Balaban J connectivity index is 0. The van der Waals surface area contributed by atoms with Crippen molar-refractivity contribution < 1.29 is 83.0 Å². The molecule has 0 bridgehead atoms. The predicted molar refractivity (Wildman–Crippen MR) is 51.6 cm³/mol. The molecule has 0 aliphatic heterocycles. The molecule has 0 fully saturated rings. The maximum Gasteiger partial charge on any atom is 7.00 e. The van der Waals surface area contributed by atoms with E-state index < -0.39 is 0 Å². The maximum absolute atomic E-state index is 0. The van der Waals surface area contributed by atoms with E-state index in [4.69, 9.17) is 0 Å². The van der Waals surface area contributed by atoms with Crippen LogP contribution in [0.15, 0.2) is 0 Å². The molecule has 0 aromatic carbocycles. The van der Waals surface area contributed by atoms with Gasteiger partial charge in [0.05, 0.1) is 0 Å². The molecular formula is Mo2Re2S7. The van der Waals surface area contributed by atoms with E-state index in [0.717, 1.165) is 0 Å². The maximum atomic E-state index is 0. The Labute approximate surface area is 174 Å². The number of rotatable bonds is 0. The van der Waals surface area contributed by atoms with Crippen molar-refractivity contribution in [2.75, 3.05) is 0 Å². The third-order valence-corrected chi connectivity index (χ3v) is 0. The Morgan fingerprint density at radius 3 is 0.273 bits per heavy atom. The fraction of sp³-hybridized carbons (Fsp3) is 0. The fourth-order valence-corrected chi connectivity index (χ4v) is 0. The summed E-state index contributed by atoms with van der Waals surface area (Å²) in [6.45, 7) is 0. The summed E-state index contributed by atoms with van der Waals surface area (Å²) in [5, 5.41) is 0. The zero-order chi connectivity index (χ0) is 0. The van der Waals surface area contributed by atoms with Gasteiger partial charge in [0.25, 0.3) is 0 Å². The van der Waals surface area contributed by atoms with Crippen molar-refractivity contribution in [1.29, 1.82) is 0 Å². The Morgan fingerprint density at radius 2 is 0.273 bits per heavy atom. The van der Waals surface area contributed by atoms with Crippen molar-refractivity contribution in [3.63, 3.8) is 0 Å². The molecular weight excluding hydrogens is 789 g/mol. The molecule has 11 heavy (non-hydrogen) atoms. The van der Waals surface area contributed by atoms with E-state index in [0.29, 0.717) is 0 Å². The van der Waals surface area contributed by atoms with Crippen molar-refractivity contribution in [1.82, 2.24) is 0 Å². The van der Waals surface area contributed by atoms with Crippen LogP contribution in [0.25, 0.3) is 0 Å². The van der Waals surface area contributed by atoms with Crippen molar-refractivity contribution in [2.24, 2.45) is 0 Å². The van der Waals surface area contributed by atoms with Gasteiger partial charge in [0.1, 0.15) is 0 Å². The molecule has 0 radical (unpaired) electrons. The van der Waals surface area contributed by atoms with Crippen LogP contribution in [0, 0.1) is 0 Å². The van der Waals surface area contributed by atoms with Gasteiger partial charge in [-0.1, -0.05) is 0 Å². The van der Waals surface area contributed by atoms with Gasteiger partial charge in [-0.15, -0.1) is 0 Å². The Bertz CT molecular complexity index is 14.4. The van der Waals surface area contributed by atoms with Gasteiger partial charge in [-0.25, -0.2) is 0 Å². The minimum absolute atomic E-state index is 0. The van der Waals surface area contributed by atoms with Gasteiger partial charge in [0.15, 0.2) is 0 Å². The summed E-state index contributed by atoms with van der Waals surface area (Å²) in [5.41, 5.74) is 0. The monoisotopic (exact) mass is 794 g/mol. The van der Waals surface area contributed by atoms with Crippen LogP contribution in [0.2, 0.25) is 0 Å². The first-order valence-electron chi connectivity index (χ1n) is 0. The number of hydrogen-bond acceptors (Lipinski definition) is 0. The molecule has 0 nitrogen and oxygen atoms in total. The van der Waals surface area contributed by atoms with E-state index in [1.165, 1.54) is 0 Å². The molecule has 0 aromatic rings. The summed E-state index contributed by atoms with van der Waals surface area (Å²) in [6.07, 6.45) is 0. The van der Waals surface area contributed by atoms with E-state index in [1.54, 1.807) is 0 Å². The molecule has 0 aromatic heterocycles. The van der Waals surface area contributed by atoms with Crippen LogP contribution in [0.3, 0.4) is 0 Å². The molecule has 0 N–H and O–H groups in total. The second-order valence-corrected chi connectivity index (χ2v) is 0. The van der Waals surface area contributed by atoms with E-state index >= 15 is 0 Å². The average Bonchev–Trinajstić information content (AvgIpc) is 0. The normalized spacial score (nSPS) is 0. The summed E-state index contributed by atoms with van der Waals surface area (Å²) in [4.78, 5) is 0. The zero-order valence-electron chi connectivity index (χ0n) is 4.43. The van der Waals surface area contributed by atoms with Crippen molar-refractivity contribution in [3.8, 4) is 0 Å². The quantitative estimate of drug-likeness (QED) is 0.303. The molecule has 0 amide bonds. The Kier molecular flexibility index (Phi) is 1450. The fourth-order valence-electron chi connectivity index (χ4n) is 0. The van der Waals surface area contributed by atoms with Crippen LogP contribution < -0.4 is 0 Å². The summed E-state index contributed by atoms with van der Waals surface area (Å²) in [7, 11) is 0. The van der Waals surface area contributed by atoms with Crippen LogP contribution >= 0.6 is 0 Å². The third-order valence-electron chi connectivity index (χ3n) is 0. The first-order chi connectivity index (χ1) is 0. The minimum atomic E-state index is 0. The van der Waals surface area contributed by atoms with Crippen LogP contribution in [0.1, 0.15) is 0 Å². The van der Waals surface area contributed by atoms with Gasteiger partial charge in [-0.2, -0.15) is 0 Å². The molecule has 0 saturated carbocycles. The SMILES string of the molecule is [Mo].[Mo].[Re+7].[Re+7].[S-2].[S-2].[S-2].[S-2].[S-2].[S-2].[S-2]. The minimum Gasteiger partial charge on any atom is -2.00 e. The first-order valence-corrected chi connectivity index (χ1v) is 0. The van der Waals surface area contributed by atoms with Gasteiger partial charge in [0, 0.05) is 42.1 Å². The zero-order valence-corrected chi connectivity index (χ0v) is 19.6. The molecule has 0 aliphatic rings. The van der Waals surface area contributed by atoms with Gasteiger partial charge >= 0.3 is 40.8 Å². The molecule has 0 rings (SSSR count). The topological polar surface area (TPSA) is 0 Å². The summed E-state index contributed by atoms with van der Waals surface area (Å²) >= 11 is 0. The molecule has 11 heteroatoms. The smallest absolute Gasteiger partial charge is 2.00 e.